The highest BCUT2D eigenvalue weighted by Gasteiger charge is 2.39. The van der Waals surface area contributed by atoms with Gasteiger partial charge in [-0.15, -0.1) is 0 Å². The molecule has 10 heteroatoms. The summed E-state index contributed by atoms with van der Waals surface area (Å²) < 4.78 is 5.31. The minimum Gasteiger partial charge on any atom is -0.480 e. The molecule has 40 heavy (non-hydrogen) atoms. The van der Waals surface area contributed by atoms with Crippen LogP contribution in [0.1, 0.15) is 54.0 Å². The van der Waals surface area contributed by atoms with Crippen LogP contribution in [0.2, 0.25) is 0 Å². The third-order valence-corrected chi connectivity index (χ3v) is 6.45. The lowest BCUT2D eigenvalue weighted by Crippen LogP contribution is -2.60. The van der Waals surface area contributed by atoms with Gasteiger partial charge in [-0.05, 0) is 55.9 Å². The summed E-state index contributed by atoms with van der Waals surface area (Å²) in [4.78, 5) is 64.3. The number of rotatable bonds is 11. The summed E-state index contributed by atoms with van der Waals surface area (Å²) in [6.45, 7) is 11.7. The fourth-order valence-electron chi connectivity index (χ4n) is 4.05. The number of likely N-dealkylation sites (N-methyl/N-ethyl adjacent to an activating group) is 1. The van der Waals surface area contributed by atoms with Crippen molar-refractivity contribution < 1.29 is 33.8 Å². The number of hydrogen-bond donors (Lipinski definition) is 3. The Hall–Kier alpha value is -3.79. The molecule has 0 fully saturated rings. The lowest BCUT2D eigenvalue weighted by atomic mass is 9.81. The van der Waals surface area contributed by atoms with E-state index in [9.17, 15) is 29.1 Å². The minimum absolute atomic E-state index is 0.0298. The number of Topliss-reactive ketones (excluding diaryl/α,β-unsaturated/α-hetero) is 1. The highest BCUT2D eigenvalue weighted by molar-refractivity contribution is 6.03. The molecule has 4 atom stereocenters. The summed E-state index contributed by atoms with van der Waals surface area (Å²) in [6, 6.07) is 8.31. The number of carbonyl (C=O) groups is 5. The number of benzene rings is 2. The van der Waals surface area contributed by atoms with E-state index < -0.39 is 58.9 Å². The van der Waals surface area contributed by atoms with Crippen LogP contribution in [0.4, 0.5) is 4.79 Å². The Labute approximate surface area is 235 Å². The van der Waals surface area contributed by atoms with Crippen LogP contribution >= 0.6 is 0 Å². The zero-order chi connectivity index (χ0) is 30.4. The molecule has 218 valence electrons. The molecule has 0 aromatic heterocycles. The molecule has 2 rings (SSSR count). The van der Waals surface area contributed by atoms with E-state index in [0.717, 1.165) is 21.2 Å². The number of hydrogen-bond acceptors (Lipinski definition) is 7. The van der Waals surface area contributed by atoms with Crippen LogP contribution < -0.4 is 10.6 Å². The topological polar surface area (TPSA) is 142 Å². The summed E-state index contributed by atoms with van der Waals surface area (Å²) >= 11 is 0. The summed E-state index contributed by atoms with van der Waals surface area (Å²) in [5.74, 6) is -2.54. The van der Waals surface area contributed by atoms with E-state index in [-0.39, 0.29) is 6.42 Å². The number of nitrogens with zero attached hydrogens (tertiary/aromatic N) is 1. The monoisotopic (exact) mass is 555 g/mol. The number of amides is 2. The average molecular weight is 556 g/mol. The molecule has 0 radical (unpaired) electrons. The molecule has 2 aromatic carbocycles. The molecule has 0 heterocycles. The number of nitrogens with one attached hydrogen (secondary N) is 2. The predicted molar refractivity (Wildman–Crippen MR) is 152 cm³/mol. The molecular weight excluding hydrogens is 514 g/mol. The van der Waals surface area contributed by atoms with Gasteiger partial charge in [-0.2, -0.15) is 0 Å². The molecular formula is C30H41N3O7. The Bertz CT molecular complexity index is 1250. The van der Waals surface area contributed by atoms with Crippen molar-refractivity contribution in [3.8, 4) is 0 Å². The fourth-order valence-corrected chi connectivity index (χ4v) is 4.05. The molecule has 1 unspecified atom stereocenters. The maximum Gasteiger partial charge on any atom is 0.410 e. The van der Waals surface area contributed by atoms with Crippen LogP contribution in [0, 0.1) is 5.41 Å². The zero-order valence-corrected chi connectivity index (χ0v) is 24.5. The summed E-state index contributed by atoms with van der Waals surface area (Å²) in [6.07, 6.45) is -0.332. The molecule has 0 saturated heterocycles. The Kier molecular flexibility index (Phi) is 10.6. The van der Waals surface area contributed by atoms with Gasteiger partial charge in [0.25, 0.3) is 0 Å². The number of carboxylic acids is 1. The second kappa shape index (κ2) is 13.0. The van der Waals surface area contributed by atoms with E-state index in [1.807, 2.05) is 36.4 Å². The van der Waals surface area contributed by atoms with Crippen molar-refractivity contribution in [1.82, 2.24) is 15.5 Å². The van der Waals surface area contributed by atoms with Gasteiger partial charge in [0.15, 0.2) is 5.78 Å². The fraction of sp³-hybridized carbons (Fsp3) is 0.500. The van der Waals surface area contributed by atoms with E-state index in [0.29, 0.717) is 6.29 Å². The third kappa shape index (κ3) is 8.87. The van der Waals surface area contributed by atoms with Gasteiger partial charge in [0.2, 0.25) is 5.91 Å². The van der Waals surface area contributed by atoms with Crippen LogP contribution in [0.5, 0.6) is 0 Å². The Balaban J connectivity index is 2.21. The SMILES string of the molecule is C[C@@H](C(=O)N[C@H](C(=O)C(C=O)N[C@@H](Cc1ccc2ccccc2c1)C(=O)O)C(C)(C)C)N(C)C(=O)OC(C)(C)C. The van der Waals surface area contributed by atoms with E-state index in [1.165, 1.54) is 14.0 Å². The van der Waals surface area contributed by atoms with Crippen molar-refractivity contribution in [2.75, 3.05) is 7.05 Å². The Morgan fingerprint density at radius 1 is 1.00 bits per heavy atom. The van der Waals surface area contributed by atoms with Crippen LogP contribution in [0.3, 0.4) is 0 Å². The van der Waals surface area contributed by atoms with Gasteiger partial charge in [0, 0.05) is 7.05 Å². The number of fused-ring (bicyclic) bond motifs is 1. The molecule has 0 aliphatic carbocycles. The van der Waals surface area contributed by atoms with Gasteiger partial charge in [0.05, 0.1) is 6.04 Å². The number of ether oxygens (including phenoxy) is 1. The molecule has 0 bridgehead atoms. The number of carbonyl (C=O) groups excluding carboxylic acids is 4. The molecule has 2 amide bonds. The van der Waals surface area contributed by atoms with Crippen molar-refractivity contribution in [1.29, 1.82) is 0 Å². The van der Waals surface area contributed by atoms with Gasteiger partial charge in [-0.3, -0.25) is 24.6 Å². The lowest BCUT2D eigenvalue weighted by Gasteiger charge is -2.34. The smallest absolute Gasteiger partial charge is 0.410 e. The highest BCUT2D eigenvalue weighted by atomic mass is 16.6. The zero-order valence-electron chi connectivity index (χ0n) is 24.5. The van der Waals surface area contributed by atoms with Gasteiger partial charge in [-0.1, -0.05) is 63.2 Å². The maximum absolute atomic E-state index is 13.5. The molecule has 2 aromatic rings. The summed E-state index contributed by atoms with van der Waals surface area (Å²) in [7, 11) is 1.41. The van der Waals surface area contributed by atoms with Crippen LogP contribution in [-0.2, 0) is 30.3 Å². The van der Waals surface area contributed by atoms with Crippen LogP contribution in [-0.4, -0.2) is 76.9 Å². The average Bonchev–Trinajstić information content (AvgIpc) is 2.86. The maximum atomic E-state index is 13.5. The van der Waals surface area contributed by atoms with E-state index >= 15 is 0 Å². The number of aldehydes is 1. The van der Waals surface area contributed by atoms with E-state index in [1.54, 1.807) is 47.6 Å². The number of ketones is 1. The number of aliphatic carboxylic acids is 1. The van der Waals surface area contributed by atoms with E-state index in [4.69, 9.17) is 4.74 Å². The van der Waals surface area contributed by atoms with Crippen molar-refractivity contribution >= 4 is 40.8 Å². The van der Waals surface area contributed by atoms with Gasteiger partial charge in [0.1, 0.15) is 30.0 Å². The lowest BCUT2D eigenvalue weighted by molar-refractivity contribution is -0.140. The standard InChI is InChI=1S/C30H41N3O7/c1-18(33(8)28(39)40-30(5,6)7)26(36)32-25(29(2,3)4)24(35)23(17-34)31-22(27(37)38)16-19-13-14-20-11-9-10-12-21(20)15-19/h9-15,17-18,22-23,25,31H,16H2,1-8H3,(H,32,36)(H,37,38)/t18-,22-,23?,25+/m0/s1. The molecule has 0 aliphatic rings. The normalized spacial score (nSPS) is 14.9. The quantitative estimate of drug-likeness (QED) is 0.283. The second-order valence-electron chi connectivity index (χ2n) is 12.0. The first-order chi connectivity index (χ1) is 18.4. The first-order valence-corrected chi connectivity index (χ1v) is 13.2. The van der Waals surface area contributed by atoms with Crippen molar-refractivity contribution in [3.05, 3.63) is 48.0 Å². The second-order valence-corrected chi connectivity index (χ2v) is 12.0. The van der Waals surface area contributed by atoms with E-state index in [2.05, 4.69) is 10.6 Å². The predicted octanol–water partition coefficient (Wildman–Crippen LogP) is 3.35. The highest BCUT2D eigenvalue weighted by Crippen LogP contribution is 2.22. The van der Waals surface area contributed by atoms with Gasteiger partial charge < -0.3 is 20.0 Å². The number of carboxylic acid groups (broad SMARTS) is 1. The van der Waals surface area contributed by atoms with Crippen molar-refractivity contribution in [2.24, 2.45) is 5.41 Å². The summed E-state index contributed by atoms with van der Waals surface area (Å²) in [5.41, 5.74) is -0.880. The molecule has 0 saturated carbocycles. The molecule has 10 nitrogen and oxygen atoms in total. The van der Waals surface area contributed by atoms with Crippen LogP contribution in [0.25, 0.3) is 10.8 Å². The first-order valence-electron chi connectivity index (χ1n) is 13.2. The first kappa shape index (κ1) is 32.4. The van der Waals surface area contributed by atoms with Gasteiger partial charge in [-0.25, -0.2) is 4.79 Å². The largest absolute Gasteiger partial charge is 0.480 e. The molecule has 0 aliphatic heterocycles. The summed E-state index contributed by atoms with van der Waals surface area (Å²) in [5, 5.41) is 17.1. The van der Waals surface area contributed by atoms with Crippen molar-refractivity contribution in [3.63, 3.8) is 0 Å². The molecule has 0 spiro atoms. The van der Waals surface area contributed by atoms with Gasteiger partial charge >= 0.3 is 12.1 Å². The van der Waals surface area contributed by atoms with Crippen molar-refractivity contribution in [2.45, 2.75) is 84.7 Å². The molecule has 3 N–H and O–H groups in total. The third-order valence-electron chi connectivity index (χ3n) is 6.45. The van der Waals surface area contributed by atoms with Crippen LogP contribution in [0.15, 0.2) is 42.5 Å². The Morgan fingerprint density at radius 2 is 1.60 bits per heavy atom. The Morgan fingerprint density at radius 3 is 2.12 bits per heavy atom. The minimum atomic E-state index is -1.50.